The minimum atomic E-state index is -3.16. The van der Waals surface area contributed by atoms with Crippen LogP contribution in [0.4, 0.5) is 8.78 Å². The SMILES string of the molecule is CC(C)(C)O[C@H]1C=CC(F)(F)[C@@H]1O. The quantitative estimate of drug-likeness (QED) is 0.641. The maximum atomic E-state index is 12.7. The zero-order valence-corrected chi connectivity index (χ0v) is 7.92. The molecule has 0 unspecified atom stereocenters. The molecule has 0 heterocycles. The van der Waals surface area contributed by atoms with Crippen molar-refractivity contribution in [2.24, 2.45) is 0 Å². The number of rotatable bonds is 1. The molecule has 0 radical (unpaired) electrons. The zero-order chi connectivity index (χ0) is 10.3. The molecule has 0 saturated carbocycles. The van der Waals surface area contributed by atoms with Gasteiger partial charge in [0.15, 0.2) is 6.10 Å². The van der Waals surface area contributed by atoms with Crippen LogP contribution in [-0.4, -0.2) is 28.8 Å². The van der Waals surface area contributed by atoms with Crippen LogP contribution in [0, 0.1) is 0 Å². The zero-order valence-electron chi connectivity index (χ0n) is 7.92. The largest absolute Gasteiger partial charge is 0.383 e. The van der Waals surface area contributed by atoms with Crippen molar-refractivity contribution in [1.82, 2.24) is 0 Å². The normalized spacial score (nSPS) is 32.5. The van der Waals surface area contributed by atoms with Crippen LogP contribution in [0.3, 0.4) is 0 Å². The van der Waals surface area contributed by atoms with Gasteiger partial charge in [0.2, 0.25) is 0 Å². The second-order valence-electron chi connectivity index (χ2n) is 4.17. The summed E-state index contributed by atoms with van der Waals surface area (Å²) in [6.07, 6.45) is -0.772. The predicted octanol–water partition coefficient (Wildman–Crippen LogP) is 1.74. The fourth-order valence-electron chi connectivity index (χ4n) is 1.16. The highest BCUT2D eigenvalue weighted by atomic mass is 19.3. The fraction of sp³-hybridized carbons (Fsp3) is 0.778. The van der Waals surface area contributed by atoms with Crippen LogP contribution in [0.1, 0.15) is 20.8 Å². The first-order chi connectivity index (χ1) is 5.72. The molecule has 0 spiro atoms. The summed E-state index contributed by atoms with van der Waals surface area (Å²) in [5.74, 6) is -3.16. The number of halogens is 2. The fourth-order valence-corrected chi connectivity index (χ4v) is 1.16. The summed E-state index contributed by atoms with van der Waals surface area (Å²) in [5.41, 5.74) is -0.531. The Kier molecular flexibility index (Phi) is 2.47. The third-order valence-electron chi connectivity index (χ3n) is 1.70. The molecule has 76 valence electrons. The van der Waals surface area contributed by atoms with Crippen LogP contribution >= 0.6 is 0 Å². The maximum Gasteiger partial charge on any atom is 0.294 e. The summed E-state index contributed by atoms with van der Waals surface area (Å²) in [7, 11) is 0. The molecule has 1 aliphatic carbocycles. The lowest BCUT2D eigenvalue weighted by Gasteiger charge is -2.27. The van der Waals surface area contributed by atoms with Gasteiger partial charge in [-0.25, -0.2) is 0 Å². The van der Waals surface area contributed by atoms with Crippen LogP contribution in [0.25, 0.3) is 0 Å². The van der Waals surface area contributed by atoms with Gasteiger partial charge in [0.05, 0.1) is 5.60 Å². The maximum absolute atomic E-state index is 12.7. The summed E-state index contributed by atoms with van der Waals surface area (Å²) < 4.78 is 30.7. The molecular weight excluding hydrogens is 178 g/mol. The molecule has 0 aromatic rings. The van der Waals surface area contributed by atoms with E-state index in [1.54, 1.807) is 20.8 Å². The van der Waals surface area contributed by atoms with E-state index in [1.165, 1.54) is 6.08 Å². The van der Waals surface area contributed by atoms with Gasteiger partial charge in [0.1, 0.15) is 6.10 Å². The Hall–Kier alpha value is -0.480. The van der Waals surface area contributed by atoms with Gasteiger partial charge in [-0.2, -0.15) is 8.78 Å². The highest BCUT2D eigenvalue weighted by molar-refractivity contribution is 5.15. The summed E-state index contributed by atoms with van der Waals surface area (Å²) in [6.45, 7) is 5.26. The molecule has 1 N–H and O–H groups in total. The molecule has 0 aromatic heterocycles. The summed E-state index contributed by atoms with van der Waals surface area (Å²) in [4.78, 5) is 0. The Morgan fingerprint density at radius 1 is 1.38 bits per heavy atom. The number of aliphatic hydroxyl groups is 1. The number of alkyl halides is 2. The van der Waals surface area contributed by atoms with E-state index in [4.69, 9.17) is 9.84 Å². The van der Waals surface area contributed by atoms with E-state index in [0.717, 1.165) is 0 Å². The van der Waals surface area contributed by atoms with E-state index in [2.05, 4.69) is 0 Å². The van der Waals surface area contributed by atoms with Crippen molar-refractivity contribution in [2.75, 3.05) is 0 Å². The lowest BCUT2D eigenvalue weighted by molar-refractivity contribution is -0.144. The van der Waals surface area contributed by atoms with Gasteiger partial charge in [-0.15, -0.1) is 0 Å². The average Bonchev–Trinajstić information content (AvgIpc) is 2.13. The summed E-state index contributed by atoms with van der Waals surface area (Å²) >= 11 is 0. The van der Waals surface area contributed by atoms with Crippen LogP contribution in [-0.2, 0) is 4.74 Å². The average molecular weight is 192 g/mol. The van der Waals surface area contributed by atoms with Crippen molar-refractivity contribution >= 4 is 0 Å². The third-order valence-corrected chi connectivity index (χ3v) is 1.70. The van der Waals surface area contributed by atoms with Gasteiger partial charge in [-0.3, -0.25) is 0 Å². The van der Waals surface area contributed by atoms with Crippen molar-refractivity contribution in [1.29, 1.82) is 0 Å². The standard InChI is InChI=1S/C9H14F2O2/c1-8(2,3)13-6-4-5-9(10,11)7(6)12/h4-7,12H,1-3H3/t6-,7+/m0/s1. The van der Waals surface area contributed by atoms with Gasteiger partial charge in [0.25, 0.3) is 5.92 Å². The molecule has 0 fully saturated rings. The molecular formula is C9H14F2O2. The van der Waals surface area contributed by atoms with E-state index in [9.17, 15) is 8.78 Å². The van der Waals surface area contributed by atoms with Crippen LogP contribution in [0.15, 0.2) is 12.2 Å². The third kappa shape index (κ3) is 2.48. The van der Waals surface area contributed by atoms with Crippen LogP contribution in [0.5, 0.6) is 0 Å². The molecule has 1 aliphatic rings. The van der Waals surface area contributed by atoms with Crippen LogP contribution in [0.2, 0.25) is 0 Å². The van der Waals surface area contributed by atoms with Gasteiger partial charge in [0, 0.05) is 0 Å². The molecule has 0 aromatic carbocycles. The first-order valence-corrected chi connectivity index (χ1v) is 4.15. The molecule has 4 heteroatoms. The van der Waals surface area contributed by atoms with Crippen molar-refractivity contribution in [3.05, 3.63) is 12.2 Å². The van der Waals surface area contributed by atoms with Gasteiger partial charge in [-0.05, 0) is 26.8 Å². The highest BCUT2D eigenvalue weighted by Gasteiger charge is 2.46. The monoisotopic (exact) mass is 192 g/mol. The molecule has 13 heavy (non-hydrogen) atoms. The van der Waals surface area contributed by atoms with E-state index < -0.39 is 23.7 Å². The Labute approximate surface area is 76.2 Å². The Bertz CT molecular complexity index is 218. The van der Waals surface area contributed by atoms with E-state index in [1.807, 2.05) is 0 Å². The lowest BCUT2D eigenvalue weighted by atomic mass is 10.1. The number of aliphatic hydroxyl groups excluding tert-OH is 1. The number of hydrogen-bond acceptors (Lipinski definition) is 2. The smallest absolute Gasteiger partial charge is 0.294 e. The minimum Gasteiger partial charge on any atom is -0.383 e. The Morgan fingerprint density at radius 2 is 1.92 bits per heavy atom. The molecule has 0 saturated heterocycles. The van der Waals surface area contributed by atoms with E-state index in [0.29, 0.717) is 6.08 Å². The minimum absolute atomic E-state index is 0.531. The Balaban J connectivity index is 2.62. The van der Waals surface area contributed by atoms with Crippen molar-refractivity contribution in [3.63, 3.8) is 0 Å². The second kappa shape index (κ2) is 3.03. The second-order valence-corrected chi connectivity index (χ2v) is 4.17. The topological polar surface area (TPSA) is 29.5 Å². The molecule has 2 atom stereocenters. The van der Waals surface area contributed by atoms with Gasteiger partial charge in [-0.1, -0.05) is 6.08 Å². The Morgan fingerprint density at radius 3 is 2.23 bits per heavy atom. The first kappa shape index (κ1) is 10.6. The number of ether oxygens (including phenoxy) is 1. The molecule has 0 aliphatic heterocycles. The van der Waals surface area contributed by atoms with E-state index in [-0.39, 0.29) is 0 Å². The van der Waals surface area contributed by atoms with E-state index >= 15 is 0 Å². The summed E-state index contributed by atoms with van der Waals surface area (Å²) in [5, 5.41) is 9.14. The predicted molar refractivity (Wildman–Crippen MR) is 44.7 cm³/mol. The molecule has 0 amide bonds. The van der Waals surface area contributed by atoms with Crippen molar-refractivity contribution in [2.45, 2.75) is 44.5 Å². The van der Waals surface area contributed by atoms with Crippen molar-refractivity contribution in [3.8, 4) is 0 Å². The number of hydrogen-bond donors (Lipinski definition) is 1. The molecule has 0 bridgehead atoms. The van der Waals surface area contributed by atoms with Crippen LogP contribution < -0.4 is 0 Å². The molecule has 1 rings (SSSR count). The molecule has 2 nitrogen and oxygen atoms in total. The highest BCUT2D eigenvalue weighted by Crippen LogP contribution is 2.32. The first-order valence-electron chi connectivity index (χ1n) is 4.15. The van der Waals surface area contributed by atoms with Crippen molar-refractivity contribution < 1.29 is 18.6 Å². The summed E-state index contributed by atoms with van der Waals surface area (Å²) in [6, 6.07) is 0. The lowest BCUT2D eigenvalue weighted by Crippen LogP contribution is -2.40. The van der Waals surface area contributed by atoms with Gasteiger partial charge >= 0.3 is 0 Å². The van der Waals surface area contributed by atoms with Gasteiger partial charge < -0.3 is 9.84 Å².